The van der Waals surface area contributed by atoms with Gasteiger partial charge < -0.3 is 10.2 Å². The first-order valence-corrected chi connectivity index (χ1v) is 10.2. The molecule has 0 atom stereocenters. The number of amides is 2. The average molecular weight is 400 g/mol. The van der Waals surface area contributed by atoms with E-state index in [1.165, 1.54) is 0 Å². The van der Waals surface area contributed by atoms with Crippen molar-refractivity contribution >= 4 is 17.5 Å². The van der Waals surface area contributed by atoms with Gasteiger partial charge in [-0.15, -0.1) is 0 Å². The molecule has 2 heterocycles. The summed E-state index contributed by atoms with van der Waals surface area (Å²) in [5, 5.41) is 2.92. The van der Waals surface area contributed by atoms with Gasteiger partial charge in [0.2, 0.25) is 0 Å². The van der Waals surface area contributed by atoms with E-state index in [2.05, 4.69) is 15.3 Å². The van der Waals surface area contributed by atoms with Crippen LogP contribution in [0.1, 0.15) is 51.0 Å². The van der Waals surface area contributed by atoms with Crippen molar-refractivity contribution in [2.45, 2.75) is 25.7 Å². The quantitative estimate of drug-likeness (QED) is 0.717. The van der Waals surface area contributed by atoms with E-state index in [1.54, 1.807) is 6.20 Å². The van der Waals surface area contributed by atoms with Crippen LogP contribution < -0.4 is 5.32 Å². The van der Waals surface area contributed by atoms with Gasteiger partial charge in [-0.05, 0) is 44.0 Å². The van der Waals surface area contributed by atoms with Crippen LogP contribution in [0.25, 0.3) is 0 Å². The molecule has 0 saturated carbocycles. The van der Waals surface area contributed by atoms with Gasteiger partial charge in [0.1, 0.15) is 5.82 Å². The summed E-state index contributed by atoms with van der Waals surface area (Å²) in [6.07, 6.45) is 3.14. The third-order valence-electron chi connectivity index (χ3n) is 5.40. The van der Waals surface area contributed by atoms with Gasteiger partial charge in [-0.1, -0.05) is 36.4 Å². The van der Waals surface area contributed by atoms with Crippen LogP contribution in [0.3, 0.4) is 0 Å². The molecule has 1 aromatic heterocycles. The minimum absolute atomic E-state index is 0.0509. The van der Waals surface area contributed by atoms with Crippen LogP contribution in [0.5, 0.6) is 0 Å². The second-order valence-electron chi connectivity index (χ2n) is 7.47. The molecule has 30 heavy (non-hydrogen) atoms. The zero-order valence-corrected chi connectivity index (χ0v) is 16.9. The maximum atomic E-state index is 12.9. The molecule has 4 rings (SSSR count). The Balaban J connectivity index is 1.49. The number of carbonyl (C=O) groups is 2. The van der Waals surface area contributed by atoms with Crippen LogP contribution in [0, 0.1) is 6.92 Å². The van der Waals surface area contributed by atoms with Crippen molar-refractivity contribution in [2.75, 3.05) is 18.4 Å². The molecule has 1 fully saturated rings. The second-order valence-corrected chi connectivity index (χ2v) is 7.47. The minimum atomic E-state index is -0.209. The number of para-hydroxylation sites is 1. The highest BCUT2D eigenvalue weighted by atomic mass is 16.2. The summed E-state index contributed by atoms with van der Waals surface area (Å²) in [6.45, 7) is 3.11. The molecule has 0 unspecified atom stereocenters. The summed E-state index contributed by atoms with van der Waals surface area (Å²) in [5.41, 5.74) is 2.70. The molecule has 1 aliphatic heterocycles. The molecule has 6 heteroatoms. The van der Waals surface area contributed by atoms with E-state index < -0.39 is 0 Å². The predicted molar refractivity (Wildman–Crippen MR) is 115 cm³/mol. The molecule has 1 aliphatic rings. The second kappa shape index (κ2) is 8.86. The van der Waals surface area contributed by atoms with Gasteiger partial charge in [0.25, 0.3) is 11.8 Å². The number of anilines is 1. The van der Waals surface area contributed by atoms with Crippen molar-refractivity contribution in [1.82, 2.24) is 14.9 Å². The van der Waals surface area contributed by atoms with Crippen molar-refractivity contribution in [1.29, 1.82) is 0 Å². The monoisotopic (exact) mass is 400 g/mol. The summed E-state index contributed by atoms with van der Waals surface area (Å²) in [6, 6.07) is 18.7. The molecule has 0 radical (unpaired) electrons. The maximum Gasteiger partial charge on any atom is 0.259 e. The highest BCUT2D eigenvalue weighted by Crippen LogP contribution is 2.30. The molecule has 6 nitrogen and oxygen atoms in total. The first-order valence-electron chi connectivity index (χ1n) is 10.2. The predicted octanol–water partition coefficient (Wildman–Crippen LogP) is 4.06. The fourth-order valence-corrected chi connectivity index (χ4v) is 3.81. The van der Waals surface area contributed by atoms with Crippen molar-refractivity contribution in [3.05, 3.63) is 89.5 Å². The highest BCUT2D eigenvalue weighted by Gasteiger charge is 2.28. The molecule has 1 saturated heterocycles. The third-order valence-corrected chi connectivity index (χ3v) is 5.40. The Morgan fingerprint density at radius 1 is 0.967 bits per heavy atom. The minimum Gasteiger partial charge on any atom is -0.339 e. The van der Waals surface area contributed by atoms with Crippen LogP contribution in [0.15, 0.2) is 66.9 Å². The summed E-state index contributed by atoms with van der Waals surface area (Å²) < 4.78 is 0. The number of rotatable bonds is 4. The number of piperidine rings is 1. The fourth-order valence-electron chi connectivity index (χ4n) is 3.81. The molecular formula is C24H24N4O2. The van der Waals surface area contributed by atoms with Gasteiger partial charge in [0.15, 0.2) is 0 Å². The molecule has 3 aromatic rings. The average Bonchev–Trinajstić information content (AvgIpc) is 2.80. The van der Waals surface area contributed by atoms with E-state index in [-0.39, 0.29) is 17.7 Å². The van der Waals surface area contributed by atoms with Crippen LogP contribution in [-0.2, 0) is 0 Å². The zero-order valence-electron chi connectivity index (χ0n) is 16.9. The number of likely N-dealkylation sites (tertiary alicyclic amines) is 1. The molecule has 2 aromatic carbocycles. The van der Waals surface area contributed by atoms with Gasteiger partial charge in [-0.2, -0.15) is 0 Å². The molecule has 1 N–H and O–H groups in total. The SMILES string of the molecule is Cc1ncc(C(=O)Nc2ccccc2)c(C2CCN(C(=O)c3ccccc3)CC2)n1. The van der Waals surface area contributed by atoms with Gasteiger partial charge >= 0.3 is 0 Å². The molecule has 0 aliphatic carbocycles. The molecule has 0 bridgehead atoms. The summed E-state index contributed by atoms with van der Waals surface area (Å²) in [7, 11) is 0. The van der Waals surface area contributed by atoms with E-state index >= 15 is 0 Å². The van der Waals surface area contributed by atoms with Crippen molar-refractivity contribution in [2.24, 2.45) is 0 Å². The van der Waals surface area contributed by atoms with Crippen LogP contribution in [0.4, 0.5) is 5.69 Å². The fraction of sp³-hybridized carbons (Fsp3) is 0.250. The molecule has 152 valence electrons. The largest absolute Gasteiger partial charge is 0.339 e. The number of carbonyl (C=O) groups excluding carboxylic acids is 2. The number of hydrogen-bond donors (Lipinski definition) is 1. The molecule has 2 amide bonds. The maximum absolute atomic E-state index is 12.9. The Bertz CT molecular complexity index is 1030. The number of nitrogens with zero attached hydrogens (tertiary/aromatic N) is 3. The van der Waals surface area contributed by atoms with E-state index in [0.29, 0.717) is 30.0 Å². The normalized spacial score (nSPS) is 14.4. The van der Waals surface area contributed by atoms with Gasteiger partial charge in [-0.3, -0.25) is 9.59 Å². The Hall–Kier alpha value is -3.54. The van der Waals surface area contributed by atoms with Crippen molar-refractivity contribution < 1.29 is 9.59 Å². The third kappa shape index (κ3) is 4.38. The Morgan fingerprint density at radius 2 is 1.60 bits per heavy atom. The summed E-state index contributed by atoms with van der Waals surface area (Å²) in [4.78, 5) is 36.3. The number of hydrogen-bond acceptors (Lipinski definition) is 4. The zero-order chi connectivity index (χ0) is 20.9. The summed E-state index contributed by atoms with van der Waals surface area (Å²) in [5.74, 6) is 0.598. The van der Waals surface area contributed by atoms with Crippen LogP contribution in [0.2, 0.25) is 0 Å². The lowest BCUT2D eigenvalue weighted by atomic mass is 9.90. The van der Waals surface area contributed by atoms with Gasteiger partial charge in [0, 0.05) is 36.5 Å². The van der Waals surface area contributed by atoms with Crippen molar-refractivity contribution in [3.63, 3.8) is 0 Å². The first kappa shape index (κ1) is 19.8. The van der Waals surface area contributed by atoms with Crippen LogP contribution in [-0.4, -0.2) is 39.8 Å². The molecular weight excluding hydrogens is 376 g/mol. The standard InChI is InChI=1S/C24H24N4O2/c1-17-25-16-21(23(29)27-20-10-6-3-7-11-20)22(26-17)18-12-14-28(15-13-18)24(30)19-8-4-2-5-9-19/h2-11,16,18H,12-15H2,1H3,(H,27,29). The number of aromatic nitrogens is 2. The van der Waals surface area contributed by atoms with Gasteiger partial charge in [-0.25, -0.2) is 9.97 Å². The van der Waals surface area contributed by atoms with Gasteiger partial charge in [0.05, 0.1) is 11.3 Å². The van der Waals surface area contributed by atoms with E-state index in [0.717, 1.165) is 24.2 Å². The summed E-state index contributed by atoms with van der Waals surface area (Å²) >= 11 is 0. The van der Waals surface area contributed by atoms with E-state index in [9.17, 15) is 9.59 Å². The Labute approximate surface area is 176 Å². The van der Waals surface area contributed by atoms with E-state index in [4.69, 9.17) is 0 Å². The number of nitrogens with one attached hydrogen (secondary N) is 1. The topological polar surface area (TPSA) is 75.2 Å². The lowest BCUT2D eigenvalue weighted by Crippen LogP contribution is -2.38. The van der Waals surface area contributed by atoms with E-state index in [1.807, 2.05) is 72.5 Å². The Morgan fingerprint density at radius 3 is 2.27 bits per heavy atom. The lowest BCUT2D eigenvalue weighted by molar-refractivity contribution is 0.0711. The molecule has 0 spiro atoms. The smallest absolute Gasteiger partial charge is 0.259 e. The van der Waals surface area contributed by atoms with Crippen LogP contribution >= 0.6 is 0 Å². The number of aryl methyl sites for hydroxylation is 1. The Kier molecular flexibility index (Phi) is 5.84. The number of benzene rings is 2. The highest BCUT2D eigenvalue weighted by molar-refractivity contribution is 6.05. The lowest BCUT2D eigenvalue weighted by Gasteiger charge is -2.32. The van der Waals surface area contributed by atoms with Crippen molar-refractivity contribution in [3.8, 4) is 0 Å². The first-order chi connectivity index (χ1) is 14.6.